The lowest BCUT2D eigenvalue weighted by molar-refractivity contribution is -0.141. The highest BCUT2D eigenvalue weighted by Crippen LogP contribution is 2.44. The van der Waals surface area contributed by atoms with Crippen LogP contribution in [0.25, 0.3) is 5.69 Å². The Morgan fingerprint density at radius 2 is 1.88 bits per heavy atom. The molecule has 32 heavy (non-hydrogen) atoms. The van der Waals surface area contributed by atoms with E-state index in [1.165, 1.54) is 11.0 Å². The van der Waals surface area contributed by atoms with Gasteiger partial charge in [0, 0.05) is 24.5 Å². The Morgan fingerprint density at radius 1 is 1.09 bits per heavy atom. The number of carbonyl (C=O) groups excluding carboxylic acids is 1. The number of pyridine rings is 1. The molecule has 2 aliphatic heterocycles. The van der Waals surface area contributed by atoms with Crippen LogP contribution in [0.5, 0.6) is 0 Å². The quantitative estimate of drug-likeness (QED) is 0.616. The summed E-state index contributed by atoms with van der Waals surface area (Å²) in [6, 6.07) is 1.86. The average molecular weight is 443 g/mol. The molecule has 3 unspecified atom stereocenters. The van der Waals surface area contributed by atoms with Crippen molar-refractivity contribution in [2.75, 3.05) is 0 Å². The summed E-state index contributed by atoms with van der Waals surface area (Å²) in [5.74, 6) is -0.0608. The largest absolute Gasteiger partial charge is 0.434 e. The number of rotatable bonds is 4. The molecule has 166 valence electrons. The lowest BCUT2D eigenvalue weighted by Gasteiger charge is -2.25. The van der Waals surface area contributed by atoms with Crippen molar-refractivity contribution in [3.8, 4) is 5.69 Å². The second-order valence-electron chi connectivity index (χ2n) is 8.25. The highest BCUT2D eigenvalue weighted by molar-refractivity contribution is 5.97. The summed E-state index contributed by atoms with van der Waals surface area (Å²) in [6.45, 7) is 1.88. The fraction of sp³-hybridized carbons (Fsp3) is 0.429. The van der Waals surface area contributed by atoms with Gasteiger partial charge in [-0.1, -0.05) is 0 Å². The van der Waals surface area contributed by atoms with Gasteiger partial charge in [-0.15, -0.1) is 4.80 Å². The van der Waals surface area contributed by atoms with E-state index in [0.717, 1.165) is 31.0 Å². The van der Waals surface area contributed by atoms with Gasteiger partial charge in [0.05, 0.1) is 24.3 Å². The molecule has 3 atom stereocenters. The van der Waals surface area contributed by atoms with Gasteiger partial charge < -0.3 is 4.90 Å². The first-order valence-corrected chi connectivity index (χ1v) is 10.4. The maximum atomic E-state index is 13.6. The Hall–Kier alpha value is -3.37. The molecule has 3 aromatic heterocycles. The van der Waals surface area contributed by atoms with Crippen LogP contribution < -0.4 is 0 Å². The summed E-state index contributed by atoms with van der Waals surface area (Å²) < 4.78 is 38.2. The molecule has 2 fully saturated rings. The first kappa shape index (κ1) is 20.5. The van der Waals surface area contributed by atoms with E-state index in [-0.39, 0.29) is 23.9 Å². The summed E-state index contributed by atoms with van der Waals surface area (Å²) in [4.78, 5) is 28.7. The number of aryl methyl sites for hydroxylation is 1. The van der Waals surface area contributed by atoms with Gasteiger partial charge in [0.15, 0.2) is 11.4 Å². The molecule has 0 N–H and O–H groups in total. The molecule has 2 bridgehead atoms. The Labute approximate surface area is 181 Å². The number of amides is 1. The summed E-state index contributed by atoms with van der Waals surface area (Å²) in [5.41, 5.74) is 1.18. The van der Waals surface area contributed by atoms with Crippen LogP contribution in [-0.4, -0.2) is 52.8 Å². The van der Waals surface area contributed by atoms with Crippen LogP contribution in [-0.2, 0) is 12.6 Å². The van der Waals surface area contributed by atoms with E-state index in [9.17, 15) is 18.0 Å². The molecule has 5 heterocycles. The molecule has 2 aliphatic rings. The number of hydrogen-bond acceptors (Lipinski definition) is 6. The van der Waals surface area contributed by atoms with Gasteiger partial charge in [0.1, 0.15) is 5.69 Å². The molecular weight excluding hydrogens is 423 g/mol. The fourth-order valence-electron chi connectivity index (χ4n) is 4.94. The molecular formula is C21H20F3N7O. The van der Waals surface area contributed by atoms with Crippen LogP contribution >= 0.6 is 0 Å². The third kappa shape index (κ3) is 3.51. The van der Waals surface area contributed by atoms with Gasteiger partial charge in [-0.05, 0) is 50.2 Å². The van der Waals surface area contributed by atoms with Crippen molar-refractivity contribution in [3.05, 3.63) is 59.7 Å². The number of aromatic nitrogens is 6. The highest BCUT2D eigenvalue weighted by atomic mass is 19.4. The molecule has 8 nitrogen and oxygen atoms in total. The van der Waals surface area contributed by atoms with Gasteiger partial charge in [0.25, 0.3) is 5.91 Å². The number of hydrogen-bond donors (Lipinski definition) is 0. The maximum absolute atomic E-state index is 13.6. The van der Waals surface area contributed by atoms with E-state index in [4.69, 9.17) is 0 Å². The standard InChI is InChI=1S/C21H20F3N7O/c1-12-4-5-25-18(19(12)31-28-6-7-29-31)20(32)30-15-2-3-16(30)13(9-15)8-14-10-27-17(11-26-14)21(22,23)24/h4-7,10-11,13,15-16H,2-3,8-9H2,1H3. The maximum Gasteiger partial charge on any atom is 0.434 e. The third-order valence-corrected chi connectivity index (χ3v) is 6.31. The number of alkyl halides is 3. The van der Waals surface area contributed by atoms with Crippen LogP contribution in [0.1, 0.15) is 46.7 Å². The average Bonchev–Trinajstić information content (AvgIpc) is 3.49. The minimum absolute atomic E-state index is 0.0164. The lowest BCUT2D eigenvalue weighted by atomic mass is 9.86. The Kier molecular flexibility index (Phi) is 4.90. The molecule has 3 aromatic rings. The van der Waals surface area contributed by atoms with Gasteiger partial charge in [0.2, 0.25) is 0 Å². The van der Waals surface area contributed by atoms with Crippen LogP contribution in [0.3, 0.4) is 0 Å². The molecule has 0 spiro atoms. The second-order valence-corrected chi connectivity index (χ2v) is 8.25. The number of fused-ring (bicyclic) bond motifs is 2. The predicted octanol–water partition coefficient (Wildman–Crippen LogP) is 3.02. The van der Waals surface area contributed by atoms with E-state index < -0.39 is 11.9 Å². The van der Waals surface area contributed by atoms with E-state index >= 15 is 0 Å². The van der Waals surface area contributed by atoms with Crippen molar-refractivity contribution in [1.82, 2.24) is 34.8 Å². The summed E-state index contributed by atoms with van der Waals surface area (Å²) in [6.07, 6.45) is 5.12. The zero-order valence-corrected chi connectivity index (χ0v) is 17.2. The SMILES string of the molecule is Cc1ccnc(C(=O)N2C3CCC2C(Cc2cnc(C(F)(F)F)cn2)C3)c1-n1nccn1. The smallest absolute Gasteiger partial charge is 0.331 e. The van der Waals surface area contributed by atoms with Crippen LogP contribution in [0.2, 0.25) is 0 Å². The van der Waals surface area contributed by atoms with E-state index in [0.29, 0.717) is 23.5 Å². The minimum Gasteiger partial charge on any atom is -0.331 e. The lowest BCUT2D eigenvalue weighted by Crippen LogP contribution is -2.38. The fourth-order valence-corrected chi connectivity index (χ4v) is 4.94. The van der Waals surface area contributed by atoms with Crippen molar-refractivity contribution in [2.24, 2.45) is 5.92 Å². The molecule has 0 aromatic carbocycles. The number of halogens is 3. The van der Waals surface area contributed by atoms with Gasteiger partial charge in [-0.2, -0.15) is 23.4 Å². The van der Waals surface area contributed by atoms with Gasteiger partial charge >= 0.3 is 6.18 Å². The normalized spacial score (nSPS) is 22.5. The molecule has 0 aliphatic carbocycles. The van der Waals surface area contributed by atoms with Crippen molar-refractivity contribution < 1.29 is 18.0 Å². The molecule has 11 heteroatoms. The Balaban J connectivity index is 1.38. The molecule has 0 radical (unpaired) electrons. The highest BCUT2D eigenvalue weighted by Gasteiger charge is 2.49. The van der Waals surface area contributed by atoms with Crippen LogP contribution in [0, 0.1) is 12.8 Å². The van der Waals surface area contributed by atoms with Crippen LogP contribution in [0.15, 0.2) is 37.1 Å². The van der Waals surface area contributed by atoms with E-state index in [2.05, 4.69) is 25.1 Å². The van der Waals surface area contributed by atoms with E-state index in [1.54, 1.807) is 24.7 Å². The van der Waals surface area contributed by atoms with Crippen molar-refractivity contribution in [3.63, 3.8) is 0 Å². The monoisotopic (exact) mass is 443 g/mol. The molecule has 5 rings (SSSR count). The second kappa shape index (κ2) is 7.64. The first-order chi connectivity index (χ1) is 15.3. The number of nitrogens with zero attached hydrogens (tertiary/aromatic N) is 7. The van der Waals surface area contributed by atoms with Gasteiger partial charge in [-0.25, -0.2) is 9.97 Å². The molecule has 2 saturated heterocycles. The zero-order chi connectivity index (χ0) is 22.5. The van der Waals surface area contributed by atoms with Crippen LogP contribution in [0.4, 0.5) is 13.2 Å². The molecule has 1 amide bonds. The van der Waals surface area contributed by atoms with Crippen molar-refractivity contribution >= 4 is 5.91 Å². The zero-order valence-electron chi connectivity index (χ0n) is 17.2. The summed E-state index contributed by atoms with van der Waals surface area (Å²) >= 11 is 0. The third-order valence-electron chi connectivity index (χ3n) is 6.31. The predicted molar refractivity (Wildman–Crippen MR) is 106 cm³/mol. The number of carbonyl (C=O) groups is 1. The first-order valence-electron chi connectivity index (χ1n) is 10.4. The summed E-state index contributed by atoms with van der Waals surface area (Å²) in [7, 11) is 0. The Morgan fingerprint density at radius 3 is 2.56 bits per heavy atom. The van der Waals surface area contributed by atoms with E-state index in [1.807, 2.05) is 11.8 Å². The topological polar surface area (TPSA) is 89.7 Å². The summed E-state index contributed by atoms with van der Waals surface area (Å²) in [5, 5.41) is 8.33. The van der Waals surface area contributed by atoms with Crippen molar-refractivity contribution in [1.29, 1.82) is 0 Å². The molecule has 0 saturated carbocycles. The minimum atomic E-state index is -4.51. The van der Waals surface area contributed by atoms with Gasteiger partial charge in [-0.3, -0.25) is 9.78 Å². The Bertz CT molecular complexity index is 1130. The van der Waals surface area contributed by atoms with Crippen molar-refractivity contribution in [2.45, 2.75) is 50.9 Å².